The van der Waals surface area contributed by atoms with Crippen molar-refractivity contribution < 1.29 is 14.3 Å². The molecule has 4 rings (SSSR count). The molecule has 0 aliphatic carbocycles. The lowest BCUT2D eigenvalue weighted by molar-refractivity contribution is 0.0473. The minimum Gasteiger partial charge on any atom is -0.461 e. The highest BCUT2D eigenvalue weighted by atomic mass is 32.2. The Morgan fingerprint density at radius 2 is 1.89 bits per heavy atom. The quantitative estimate of drug-likeness (QED) is 0.235. The Bertz CT molecular complexity index is 1180. The van der Waals surface area contributed by atoms with Crippen molar-refractivity contribution >= 4 is 30.1 Å². The fraction of sp³-hybridized carbons (Fsp3) is 0.370. The number of morpholine rings is 1. The number of hydrogen-bond donors (Lipinski definition) is 0. The van der Waals surface area contributed by atoms with Gasteiger partial charge in [0.25, 0.3) is 0 Å². The highest BCUT2D eigenvalue weighted by Crippen LogP contribution is 2.38. The minimum atomic E-state index is -0.411. The van der Waals surface area contributed by atoms with Gasteiger partial charge in [-0.2, -0.15) is 5.10 Å². The molecular formula is C27H32N4O3S. The second-order valence-corrected chi connectivity index (χ2v) is 9.55. The van der Waals surface area contributed by atoms with Gasteiger partial charge in [-0.3, -0.25) is 14.6 Å². The van der Waals surface area contributed by atoms with E-state index in [4.69, 9.17) is 9.47 Å². The van der Waals surface area contributed by atoms with E-state index in [2.05, 4.69) is 65.0 Å². The Morgan fingerprint density at radius 3 is 2.57 bits per heavy atom. The number of rotatable bonds is 9. The molecule has 2 aromatic carbocycles. The number of aliphatic imine (C=N–C) groups is 1. The van der Waals surface area contributed by atoms with Crippen LogP contribution in [0.25, 0.3) is 11.1 Å². The smallest absolute Gasteiger partial charge is 0.358 e. The molecule has 1 aromatic heterocycles. The monoisotopic (exact) mass is 492 g/mol. The molecule has 1 aliphatic rings. The molecule has 7 nitrogen and oxygen atoms in total. The maximum atomic E-state index is 12.2. The van der Waals surface area contributed by atoms with E-state index in [1.54, 1.807) is 24.8 Å². The Labute approximate surface area is 211 Å². The number of carbonyl (C=O) groups is 1. The molecule has 0 amide bonds. The van der Waals surface area contributed by atoms with Gasteiger partial charge in [-0.15, -0.1) is 11.8 Å². The second kappa shape index (κ2) is 11.7. The molecule has 1 fully saturated rings. The average Bonchev–Trinajstić information content (AvgIpc) is 3.24. The molecule has 184 valence electrons. The normalized spacial score (nSPS) is 14.1. The molecule has 35 heavy (non-hydrogen) atoms. The average molecular weight is 493 g/mol. The molecule has 1 saturated heterocycles. The van der Waals surface area contributed by atoms with Crippen LogP contribution in [0.15, 0.2) is 52.4 Å². The molecule has 0 saturated carbocycles. The van der Waals surface area contributed by atoms with Gasteiger partial charge < -0.3 is 9.47 Å². The van der Waals surface area contributed by atoms with Crippen LogP contribution >= 0.6 is 11.8 Å². The van der Waals surface area contributed by atoms with E-state index < -0.39 is 5.97 Å². The number of hydrogen-bond acceptors (Lipinski definition) is 7. The number of carbonyl (C=O) groups excluding carboxylic acids is 1. The van der Waals surface area contributed by atoms with Gasteiger partial charge in [-0.05, 0) is 56.8 Å². The predicted octanol–water partition coefficient (Wildman–Crippen LogP) is 5.11. The van der Waals surface area contributed by atoms with Crippen molar-refractivity contribution in [1.29, 1.82) is 0 Å². The summed E-state index contributed by atoms with van der Waals surface area (Å²) < 4.78 is 12.4. The zero-order valence-corrected chi connectivity index (χ0v) is 21.4. The first-order valence-corrected chi connectivity index (χ1v) is 12.8. The second-order valence-electron chi connectivity index (χ2n) is 8.56. The summed E-state index contributed by atoms with van der Waals surface area (Å²) in [6.45, 7) is 13.9. The molecular weight excluding hydrogens is 460 g/mol. The Hall–Kier alpha value is -2.94. The third-order valence-corrected chi connectivity index (χ3v) is 7.11. The molecule has 0 spiro atoms. The lowest BCUT2D eigenvalue weighted by Gasteiger charge is -2.26. The van der Waals surface area contributed by atoms with E-state index in [-0.39, 0.29) is 0 Å². The molecule has 0 N–H and O–H groups in total. The van der Waals surface area contributed by atoms with Crippen molar-refractivity contribution in [3.8, 4) is 11.1 Å². The van der Waals surface area contributed by atoms with Crippen molar-refractivity contribution in [3.05, 3.63) is 65.0 Å². The number of aryl methyl sites for hydroxylation is 2. The van der Waals surface area contributed by atoms with Crippen LogP contribution in [0.5, 0.6) is 0 Å². The Morgan fingerprint density at radius 1 is 1.14 bits per heavy atom. The maximum absolute atomic E-state index is 12.2. The highest BCUT2D eigenvalue weighted by molar-refractivity contribution is 7.99. The van der Waals surface area contributed by atoms with Gasteiger partial charge >= 0.3 is 5.97 Å². The number of esters is 1. The highest BCUT2D eigenvalue weighted by Gasteiger charge is 2.18. The van der Waals surface area contributed by atoms with Gasteiger partial charge in [-0.1, -0.05) is 29.8 Å². The van der Waals surface area contributed by atoms with Gasteiger partial charge in [0.2, 0.25) is 0 Å². The number of thioether (sulfide) groups is 1. The first-order valence-electron chi connectivity index (χ1n) is 11.8. The topological polar surface area (TPSA) is 69.0 Å². The SMILES string of the molecule is C=Nc1c(Cn2nc(C(=O)OCC)cc2C)cc(-c2ccc(C)cc2)cc1SCN1CCOCC1. The van der Waals surface area contributed by atoms with Crippen LogP contribution in [-0.2, 0) is 16.0 Å². The van der Waals surface area contributed by atoms with Crippen LogP contribution in [-0.4, -0.2) is 66.2 Å². The number of benzene rings is 2. The van der Waals surface area contributed by atoms with E-state index in [0.717, 1.165) is 65.1 Å². The summed E-state index contributed by atoms with van der Waals surface area (Å²) in [6.07, 6.45) is 0. The Kier molecular flexibility index (Phi) is 8.38. The first-order chi connectivity index (χ1) is 17.0. The lowest BCUT2D eigenvalue weighted by atomic mass is 10.0. The summed E-state index contributed by atoms with van der Waals surface area (Å²) in [6, 6.07) is 14.6. The molecule has 0 radical (unpaired) electrons. The molecule has 0 unspecified atom stereocenters. The van der Waals surface area contributed by atoms with Crippen molar-refractivity contribution in [1.82, 2.24) is 14.7 Å². The van der Waals surface area contributed by atoms with Gasteiger partial charge in [-0.25, -0.2) is 4.79 Å². The summed E-state index contributed by atoms with van der Waals surface area (Å²) in [4.78, 5) is 20.1. The zero-order valence-electron chi connectivity index (χ0n) is 20.6. The van der Waals surface area contributed by atoms with E-state index in [1.165, 1.54) is 5.56 Å². The van der Waals surface area contributed by atoms with Gasteiger partial charge in [0.1, 0.15) is 0 Å². The third kappa shape index (κ3) is 6.20. The van der Waals surface area contributed by atoms with Crippen LogP contribution in [0.3, 0.4) is 0 Å². The molecule has 3 aromatic rings. The largest absolute Gasteiger partial charge is 0.461 e. The van der Waals surface area contributed by atoms with E-state index in [9.17, 15) is 4.79 Å². The van der Waals surface area contributed by atoms with E-state index >= 15 is 0 Å². The molecule has 0 bridgehead atoms. The molecule has 1 aliphatic heterocycles. The summed E-state index contributed by atoms with van der Waals surface area (Å²) in [7, 11) is 0. The number of aromatic nitrogens is 2. The number of nitrogens with zero attached hydrogens (tertiary/aromatic N) is 4. The minimum absolute atomic E-state index is 0.314. The lowest BCUT2D eigenvalue weighted by Crippen LogP contribution is -2.35. The standard InChI is InChI=1S/C27H32N4O3S/c1-5-34-27(32)24-14-20(3)31(29-24)17-23-15-22(21-8-6-19(2)7-9-21)16-25(26(23)28-4)35-18-30-10-12-33-13-11-30/h6-9,14-16H,4-5,10-13,17-18H2,1-3H3. The fourth-order valence-electron chi connectivity index (χ4n) is 4.02. The van der Waals surface area contributed by atoms with E-state index in [0.29, 0.717) is 18.8 Å². The fourth-order valence-corrected chi connectivity index (χ4v) is 5.14. The van der Waals surface area contributed by atoms with Gasteiger partial charge in [0.15, 0.2) is 5.69 Å². The maximum Gasteiger partial charge on any atom is 0.358 e. The number of ether oxygens (including phenoxy) is 2. The summed E-state index contributed by atoms with van der Waals surface area (Å²) >= 11 is 1.77. The van der Waals surface area contributed by atoms with Gasteiger partial charge in [0, 0.05) is 35.1 Å². The van der Waals surface area contributed by atoms with Crippen molar-refractivity contribution in [3.63, 3.8) is 0 Å². The van der Waals surface area contributed by atoms with Crippen LogP contribution < -0.4 is 0 Å². The van der Waals surface area contributed by atoms with Crippen LogP contribution in [0, 0.1) is 13.8 Å². The van der Waals surface area contributed by atoms with E-state index in [1.807, 2.05) is 11.6 Å². The first kappa shape index (κ1) is 25.2. The molecule has 8 heteroatoms. The summed E-state index contributed by atoms with van der Waals surface area (Å²) in [5, 5.41) is 4.51. The Balaban J connectivity index is 1.70. The van der Waals surface area contributed by atoms with Gasteiger partial charge in [0.05, 0.1) is 32.1 Å². The molecule has 2 heterocycles. The van der Waals surface area contributed by atoms with Crippen LogP contribution in [0.2, 0.25) is 0 Å². The van der Waals surface area contributed by atoms with Crippen LogP contribution in [0.4, 0.5) is 5.69 Å². The van der Waals surface area contributed by atoms with Crippen LogP contribution in [0.1, 0.15) is 34.2 Å². The summed E-state index contributed by atoms with van der Waals surface area (Å²) in [5.74, 6) is 0.447. The van der Waals surface area contributed by atoms with Crippen molar-refractivity contribution in [2.24, 2.45) is 4.99 Å². The summed E-state index contributed by atoms with van der Waals surface area (Å²) in [5.41, 5.74) is 6.53. The van der Waals surface area contributed by atoms with Crippen molar-refractivity contribution in [2.75, 3.05) is 38.8 Å². The third-order valence-electron chi connectivity index (χ3n) is 5.99. The van der Waals surface area contributed by atoms with Crippen molar-refractivity contribution in [2.45, 2.75) is 32.2 Å². The molecule has 0 atom stereocenters. The zero-order chi connectivity index (χ0) is 24.8. The predicted molar refractivity (Wildman–Crippen MR) is 141 cm³/mol.